The summed E-state index contributed by atoms with van der Waals surface area (Å²) in [6.07, 6.45) is 6.96. The van der Waals surface area contributed by atoms with Crippen molar-refractivity contribution in [2.45, 2.75) is 50.9 Å². The van der Waals surface area contributed by atoms with Crippen LogP contribution in [0.3, 0.4) is 0 Å². The SMILES string of the molecule is CON(C)C(=O)C12CC3CC(C1)CC(c1ccc(C)cc1)(C3)C2. The number of benzene rings is 1. The first-order valence-corrected chi connectivity index (χ1v) is 8.86. The Kier molecular flexibility index (Phi) is 3.35. The largest absolute Gasteiger partial charge is 0.275 e. The topological polar surface area (TPSA) is 29.5 Å². The maximum atomic E-state index is 13.1. The summed E-state index contributed by atoms with van der Waals surface area (Å²) in [6.45, 7) is 2.14. The van der Waals surface area contributed by atoms with Crippen molar-refractivity contribution in [2.24, 2.45) is 17.3 Å². The second-order valence-electron chi connectivity index (χ2n) is 8.37. The Balaban J connectivity index is 1.73. The van der Waals surface area contributed by atoms with Crippen LogP contribution in [0.15, 0.2) is 24.3 Å². The van der Waals surface area contributed by atoms with Crippen LogP contribution >= 0.6 is 0 Å². The third-order valence-corrected chi connectivity index (χ3v) is 6.74. The molecule has 0 aliphatic heterocycles. The highest BCUT2D eigenvalue weighted by Gasteiger charge is 2.61. The lowest BCUT2D eigenvalue weighted by atomic mass is 9.42. The molecule has 3 nitrogen and oxygen atoms in total. The summed E-state index contributed by atoms with van der Waals surface area (Å²) >= 11 is 0. The minimum Gasteiger partial charge on any atom is -0.275 e. The molecule has 1 aromatic carbocycles. The van der Waals surface area contributed by atoms with Crippen molar-refractivity contribution in [3.63, 3.8) is 0 Å². The van der Waals surface area contributed by atoms with Gasteiger partial charge in [-0.05, 0) is 68.3 Å². The fourth-order valence-corrected chi connectivity index (χ4v) is 6.17. The van der Waals surface area contributed by atoms with Crippen LogP contribution < -0.4 is 0 Å². The van der Waals surface area contributed by atoms with Gasteiger partial charge in [-0.3, -0.25) is 9.63 Å². The molecular formula is C20H27NO2. The van der Waals surface area contributed by atoms with E-state index in [0.717, 1.165) is 19.3 Å². The van der Waals surface area contributed by atoms with Gasteiger partial charge < -0.3 is 0 Å². The van der Waals surface area contributed by atoms with Crippen LogP contribution in [0.4, 0.5) is 0 Å². The van der Waals surface area contributed by atoms with E-state index in [2.05, 4.69) is 31.2 Å². The van der Waals surface area contributed by atoms with E-state index in [1.54, 1.807) is 14.2 Å². The second-order valence-corrected chi connectivity index (χ2v) is 8.37. The number of hydroxylamine groups is 2. The van der Waals surface area contributed by atoms with Crippen molar-refractivity contribution in [2.75, 3.05) is 14.2 Å². The highest BCUT2D eigenvalue weighted by atomic mass is 16.7. The summed E-state index contributed by atoms with van der Waals surface area (Å²) < 4.78 is 0. The van der Waals surface area contributed by atoms with Gasteiger partial charge in [0.1, 0.15) is 0 Å². The third kappa shape index (κ3) is 2.24. The number of aryl methyl sites for hydroxylation is 1. The first kappa shape index (κ1) is 15.2. The fourth-order valence-electron chi connectivity index (χ4n) is 6.17. The molecule has 1 amide bonds. The van der Waals surface area contributed by atoms with Gasteiger partial charge in [0.05, 0.1) is 12.5 Å². The summed E-state index contributed by atoms with van der Waals surface area (Å²) in [7, 11) is 3.35. The number of hydrogen-bond acceptors (Lipinski definition) is 2. The number of carbonyl (C=O) groups excluding carboxylic acids is 1. The van der Waals surface area contributed by atoms with E-state index in [4.69, 9.17) is 4.84 Å². The highest BCUT2D eigenvalue weighted by Crippen LogP contribution is 2.66. The maximum Gasteiger partial charge on any atom is 0.252 e. The van der Waals surface area contributed by atoms with Crippen LogP contribution in [-0.4, -0.2) is 25.1 Å². The van der Waals surface area contributed by atoms with Crippen molar-refractivity contribution < 1.29 is 9.63 Å². The van der Waals surface area contributed by atoms with Crippen LogP contribution in [0.25, 0.3) is 0 Å². The van der Waals surface area contributed by atoms with Gasteiger partial charge in [-0.2, -0.15) is 0 Å². The normalized spacial score (nSPS) is 37.9. The van der Waals surface area contributed by atoms with E-state index in [9.17, 15) is 4.79 Å². The van der Waals surface area contributed by atoms with Crippen molar-refractivity contribution in [1.82, 2.24) is 5.06 Å². The molecule has 5 rings (SSSR count). The van der Waals surface area contributed by atoms with Gasteiger partial charge in [0, 0.05) is 7.05 Å². The van der Waals surface area contributed by atoms with Gasteiger partial charge in [0.25, 0.3) is 5.91 Å². The Morgan fingerprint density at radius 1 is 1.13 bits per heavy atom. The molecule has 0 heterocycles. The molecule has 0 radical (unpaired) electrons. The van der Waals surface area contributed by atoms with Crippen molar-refractivity contribution in [3.8, 4) is 0 Å². The minimum atomic E-state index is -0.195. The van der Waals surface area contributed by atoms with Crippen molar-refractivity contribution in [3.05, 3.63) is 35.4 Å². The number of rotatable bonds is 3. The molecule has 0 spiro atoms. The van der Waals surface area contributed by atoms with Crippen LogP contribution in [0.1, 0.15) is 49.7 Å². The van der Waals surface area contributed by atoms with Crippen molar-refractivity contribution >= 4 is 5.91 Å². The summed E-state index contributed by atoms with van der Waals surface area (Å²) in [6, 6.07) is 9.06. The van der Waals surface area contributed by atoms with E-state index in [-0.39, 0.29) is 16.7 Å². The zero-order chi connectivity index (χ0) is 16.2. The fraction of sp³-hybridized carbons (Fsp3) is 0.650. The lowest BCUT2D eigenvalue weighted by Gasteiger charge is -2.61. The average Bonchev–Trinajstić information content (AvgIpc) is 2.52. The molecule has 0 saturated heterocycles. The van der Waals surface area contributed by atoms with Gasteiger partial charge in [0.15, 0.2) is 0 Å². The third-order valence-electron chi connectivity index (χ3n) is 6.74. The smallest absolute Gasteiger partial charge is 0.252 e. The molecule has 4 bridgehead atoms. The first-order valence-electron chi connectivity index (χ1n) is 8.86. The lowest BCUT2D eigenvalue weighted by molar-refractivity contribution is -0.195. The summed E-state index contributed by atoms with van der Waals surface area (Å²) in [5, 5.41) is 1.47. The van der Waals surface area contributed by atoms with Gasteiger partial charge in [-0.15, -0.1) is 0 Å². The van der Waals surface area contributed by atoms with E-state index >= 15 is 0 Å². The highest BCUT2D eigenvalue weighted by molar-refractivity contribution is 5.82. The van der Waals surface area contributed by atoms with Gasteiger partial charge in [0.2, 0.25) is 0 Å². The van der Waals surface area contributed by atoms with E-state index in [1.165, 1.54) is 35.5 Å². The van der Waals surface area contributed by atoms with Crippen LogP contribution in [0, 0.1) is 24.2 Å². The van der Waals surface area contributed by atoms with Gasteiger partial charge in [-0.25, -0.2) is 5.06 Å². The Labute approximate surface area is 139 Å². The predicted molar refractivity (Wildman–Crippen MR) is 89.8 cm³/mol. The Morgan fingerprint density at radius 3 is 2.30 bits per heavy atom. The zero-order valence-electron chi connectivity index (χ0n) is 14.5. The zero-order valence-corrected chi connectivity index (χ0v) is 14.5. The summed E-state index contributed by atoms with van der Waals surface area (Å²) in [5.74, 6) is 1.60. The standard InChI is InChI=1S/C20H27NO2/c1-14-4-6-17(7-5-14)19-9-15-8-16(10-19)12-20(11-15,13-19)18(22)21(2)23-3/h4-7,15-16H,8-13H2,1-3H3. The maximum absolute atomic E-state index is 13.1. The molecule has 2 unspecified atom stereocenters. The first-order chi connectivity index (χ1) is 11.0. The number of nitrogens with zero attached hydrogens (tertiary/aromatic N) is 1. The molecule has 2 atom stereocenters. The molecule has 4 aliphatic carbocycles. The number of amides is 1. The molecule has 4 aliphatic rings. The number of carbonyl (C=O) groups is 1. The van der Waals surface area contributed by atoms with Gasteiger partial charge in [-0.1, -0.05) is 29.8 Å². The molecule has 23 heavy (non-hydrogen) atoms. The van der Waals surface area contributed by atoms with Crippen LogP contribution in [0.2, 0.25) is 0 Å². The molecule has 124 valence electrons. The van der Waals surface area contributed by atoms with Crippen molar-refractivity contribution in [1.29, 1.82) is 0 Å². The summed E-state index contributed by atoms with van der Waals surface area (Å²) in [5.41, 5.74) is 2.78. The lowest BCUT2D eigenvalue weighted by Crippen LogP contribution is -2.59. The average molecular weight is 313 g/mol. The molecule has 3 heteroatoms. The quantitative estimate of drug-likeness (QED) is 0.793. The molecule has 0 aromatic heterocycles. The van der Waals surface area contributed by atoms with Gasteiger partial charge >= 0.3 is 0 Å². The van der Waals surface area contributed by atoms with Crippen LogP contribution in [0.5, 0.6) is 0 Å². The second kappa shape index (κ2) is 5.07. The minimum absolute atomic E-state index is 0.195. The molecule has 1 aromatic rings. The predicted octanol–water partition coefficient (Wildman–Crippen LogP) is 3.85. The van der Waals surface area contributed by atoms with E-state index in [0.29, 0.717) is 11.8 Å². The Bertz CT molecular complexity index is 607. The van der Waals surface area contributed by atoms with E-state index in [1.807, 2.05) is 0 Å². The Morgan fingerprint density at radius 2 is 1.74 bits per heavy atom. The van der Waals surface area contributed by atoms with Crippen LogP contribution in [-0.2, 0) is 15.0 Å². The monoisotopic (exact) mass is 313 g/mol. The number of hydrogen-bond donors (Lipinski definition) is 0. The summed E-state index contributed by atoms with van der Waals surface area (Å²) in [4.78, 5) is 18.3. The molecule has 4 fully saturated rings. The molecule has 4 saturated carbocycles. The molecule has 0 N–H and O–H groups in total. The van der Waals surface area contributed by atoms with E-state index < -0.39 is 0 Å². The molecular weight excluding hydrogens is 286 g/mol. The Hall–Kier alpha value is -1.35.